The molecule has 23 heavy (non-hydrogen) atoms. The molecule has 1 aromatic heterocycles. The molecule has 2 aliphatic rings. The number of hydrogen-bond donors (Lipinski definition) is 1. The van der Waals surface area contributed by atoms with Gasteiger partial charge in [0.05, 0.1) is 18.8 Å². The lowest BCUT2D eigenvalue weighted by Gasteiger charge is -2.32. The number of nitrogens with one attached hydrogen (secondary N) is 1. The van der Waals surface area contributed by atoms with Gasteiger partial charge in [-0.2, -0.15) is 0 Å². The van der Waals surface area contributed by atoms with Crippen LogP contribution in [-0.2, 0) is 9.47 Å². The summed E-state index contributed by atoms with van der Waals surface area (Å²) in [5.41, 5.74) is 0.546. The molecule has 0 saturated carbocycles. The highest BCUT2D eigenvalue weighted by atomic mass is 32.1. The Morgan fingerprint density at radius 1 is 1.48 bits per heavy atom. The molecular formula is C16H25N3O3S. The zero-order chi connectivity index (χ0) is 16.1. The second kappa shape index (κ2) is 8.08. The van der Waals surface area contributed by atoms with Crippen molar-refractivity contribution in [1.29, 1.82) is 0 Å². The van der Waals surface area contributed by atoms with Gasteiger partial charge in [0.15, 0.2) is 5.13 Å². The Bertz CT molecular complexity index is 508. The molecule has 6 nitrogen and oxygen atoms in total. The lowest BCUT2D eigenvalue weighted by molar-refractivity contribution is -0.0395. The highest BCUT2D eigenvalue weighted by molar-refractivity contribution is 7.13. The van der Waals surface area contributed by atoms with Crippen LogP contribution >= 0.6 is 11.3 Å². The monoisotopic (exact) mass is 339 g/mol. The van der Waals surface area contributed by atoms with Crippen LogP contribution in [0.15, 0.2) is 5.38 Å². The average molecular weight is 339 g/mol. The summed E-state index contributed by atoms with van der Waals surface area (Å²) < 4.78 is 11.5. The van der Waals surface area contributed by atoms with E-state index in [2.05, 4.69) is 10.3 Å². The van der Waals surface area contributed by atoms with E-state index in [1.807, 2.05) is 17.2 Å². The number of nitrogens with zero attached hydrogens (tertiary/aromatic N) is 2. The van der Waals surface area contributed by atoms with Crippen molar-refractivity contribution in [2.75, 3.05) is 38.2 Å². The Morgan fingerprint density at radius 3 is 3.00 bits per heavy atom. The molecule has 2 saturated heterocycles. The maximum Gasteiger partial charge on any atom is 0.273 e. The summed E-state index contributed by atoms with van der Waals surface area (Å²) in [6.45, 7) is 5.87. The zero-order valence-electron chi connectivity index (χ0n) is 13.6. The van der Waals surface area contributed by atoms with Gasteiger partial charge in [-0.15, -0.1) is 11.3 Å². The molecule has 0 aliphatic carbocycles. The summed E-state index contributed by atoms with van der Waals surface area (Å²) in [5.74, 6) is 0.0305. The van der Waals surface area contributed by atoms with Crippen LogP contribution < -0.4 is 5.32 Å². The molecule has 3 rings (SSSR count). The number of carbonyl (C=O) groups is 1. The Hall–Kier alpha value is -1.18. The number of anilines is 1. The molecule has 0 bridgehead atoms. The molecule has 1 unspecified atom stereocenters. The van der Waals surface area contributed by atoms with Gasteiger partial charge in [-0.25, -0.2) is 4.98 Å². The van der Waals surface area contributed by atoms with E-state index in [1.165, 1.54) is 11.3 Å². The maximum atomic E-state index is 12.5. The largest absolute Gasteiger partial charge is 0.376 e. The number of aromatic nitrogens is 1. The third-order valence-corrected chi connectivity index (χ3v) is 5.12. The van der Waals surface area contributed by atoms with Crippen LogP contribution in [0, 0.1) is 0 Å². The van der Waals surface area contributed by atoms with Crippen molar-refractivity contribution in [3.63, 3.8) is 0 Å². The van der Waals surface area contributed by atoms with Gasteiger partial charge in [0.25, 0.3) is 5.91 Å². The number of hydrogen-bond acceptors (Lipinski definition) is 6. The van der Waals surface area contributed by atoms with E-state index in [-0.39, 0.29) is 18.1 Å². The van der Waals surface area contributed by atoms with Crippen molar-refractivity contribution in [2.45, 2.75) is 44.8 Å². The smallest absolute Gasteiger partial charge is 0.273 e. The summed E-state index contributed by atoms with van der Waals surface area (Å²) in [6.07, 6.45) is 4.55. The first-order valence-corrected chi connectivity index (χ1v) is 9.36. The van der Waals surface area contributed by atoms with E-state index < -0.39 is 0 Å². The number of piperidine rings is 1. The number of ether oxygens (including phenoxy) is 2. The minimum Gasteiger partial charge on any atom is -0.376 e. The maximum absolute atomic E-state index is 12.5. The van der Waals surface area contributed by atoms with Crippen molar-refractivity contribution < 1.29 is 14.3 Å². The molecular weight excluding hydrogens is 314 g/mol. The van der Waals surface area contributed by atoms with Gasteiger partial charge < -0.3 is 19.7 Å². The normalized spacial score (nSPS) is 22.5. The molecule has 1 N–H and O–H groups in total. The third-order valence-electron chi connectivity index (χ3n) is 4.32. The van der Waals surface area contributed by atoms with Crippen LogP contribution in [0.4, 0.5) is 5.13 Å². The fourth-order valence-corrected chi connectivity index (χ4v) is 3.77. The summed E-state index contributed by atoms with van der Waals surface area (Å²) in [6, 6.07) is 0. The highest BCUT2D eigenvalue weighted by Crippen LogP contribution is 2.21. The van der Waals surface area contributed by atoms with Crippen LogP contribution in [0.3, 0.4) is 0 Å². The van der Waals surface area contributed by atoms with Crippen LogP contribution in [-0.4, -0.2) is 60.8 Å². The first kappa shape index (κ1) is 16.7. The first-order valence-electron chi connectivity index (χ1n) is 8.48. The fraction of sp³-hybridized carbons (Fsp3) is 0.750. The highest BCUT2D eigenvalue weighted by Gasteiger charge is 2.26. The lowest BCUT2D eigenvalue weighted by atomic mass is 10.1. The molecule has 128 valence electrons. The van der Waals surface area contributed by atoms with Gasteiger partial charge in [0.2, 0.25) is 0 Å². The van der Waals surface area contributed by atoms with Gasteiger partial charge in [-0.3, -0.25) is 4.79 Å². The van der Waals surface area contributed by atoms with Crippen molar-refractivity contribution in [1.82, 2.24) is 9.88 Å². The topological polar surface area (TPSA) is 63.7 Å². The predicted molar refractivity (Wildman–Crippen MR) is 90.1 cm³/mol. The van der Waals surface area contributed by atoms with E-state index in [0.29, 0.717) is 12.3 Å². The summed E-state index contributed by atoms with van der Waals surface area (Å²) in [5, 5.41) is 5.79. The van der Waals surface area contributed by atoms with Gasteiger partial charge in [0.1, 0.15) is 5.69 Å². The molecule has 1 amide bonds. The number of likely N-dealkylation sites (tertiary alicyclic amines) is 1. The van der Waals surface area contributed by atoms with Gasteiger partial charge in [-0.1, -0.05) is 0 Å². The van der Waals surface area contributed by atoms with E-state index in [1.54, 1.807) is 0 Å². The standard InChI is InChI=1S/C16H25N3O3S/c1-2-17-16-18-14(11-23-16)15(20)19-7-5-12(6-8-19)22-10-13-4-3-9-21-13/h11-13H,2-10H2,1H3,(H,17,18). The Morgan fingerprint density at radius 2 is 2.30 bits per heavy atom. The van der Waals surface area contributed by atoms with E-state index in [0.717, 1.165) is 57.1 Å². The van der Waals surface area contributed by atoms with E-state index in [9.17, 15) is 4.79 Å². The van der Waals surface area contributed by atoms with Crippen molar-refractivity contribution in [2.24, 2.45) is 0 Å². The Balaban J connectivity index is 1.43. The fourth-order valence-electron chi connectivity index (χ4n) is 3.01. The lowest BCUT2D eigenvalue weighted by Crippen LogP contribution is -2.41. The molecule has 0 aromatic carbocycles. The molecule has 0 radical (unpaired) electrons. The quantitative estimate of drug-likeness (QED) is 0.862. The van der Waals surface area contributed by atoms with Crippen LogP contribution in [0.2, 0.25) is 0 Å². The average Bonchev–Trinajstić information content (AvgIpc) is 3.25. The molecule has 1 atom stereocenters. The predicted octanol–water partition coefficient (Wildman–Crippen LogP) is 2.38. The van der Waals surface area contributed by atoms with Gasteiger partial charge in [-0.05, 0) is 32.6 Å². The zero-order valence-corrected chi connectivity index (χ0v) is 14.4. The number of rotatable bonds is 6. The van der Waals surface area contributed by atoms with E-state index in [4.69, 9.17) is 9.47 Å². The van der Waals surface area contributed by atoms with Crippen molar-refractivity contribution in [3.05, 3.63) is 11.1 Å². The Kier molecular flexibility index (Phi) is 5.85. The van der Waals surface area contributed by atoms with Crippen LogP contribution in [0.5, 0.6) is 0 Å². The van der Waals surface area contributed by atoms with Crippen LogP contribution in [0.1, 0.15) is 43.1 Å². The van der Waals surface area contributed by atoms with Crippen molar-refractivity contribution in [3.8, 4) is 0 Å². The second-order valence-corrected chi connectivity index (χ2v) is 6.89. The minimum absolute atomic E-state index is 0.0305. The molecule has 2 fully saturated rings. The number of carbonyl (C=O) groups excluding carboxylic acids is 1. The van der Waals surface area contributed by atoms with Crippen molar-refractivity contribution >= 4 is 22.4 Å². The van der Waals surface area contributed by atoms with Crippen LogP contribution in [0.25, 0.3) is 0 Å². The summed E-state index contributed by atoms with van der Waals surface area (Å²) >= 11 is 1.48. The summed E-state index contributed by atoms with van der Waals surface area (Å²) in [7, 11) is 0. The first-order chi connectivity index (χ1) is 11.3. The molecule has 3 heterocycles. The minimum atomic E-state index is 0.0305. The van der Waals surface area contributed by atoms with E-state index >= 15 is 0 Å². The number of amides is 1. The van der Waals surface area contributed by atoms with Gasteiger partial charge >= 0.3 is 0 Å². The SMILES string of the molecule is CCNc1nc(C(=O)N2CCC(OCC3CCCO3)CC2)cs1. The molecule has 0 spiro atoms. The van der Waals surface area contributed by atoms with Gasteiger partial charge in [0, 0.05) is 31.6 Å². The number of thiazole rings is 1. The molecule has 2 aliphatic heterocycles. The third kappa shape index (κ3) is 4.43. The Labute approximate surface area is 141 Å². The summed E-state index contributed by atoms with van der Waals surface area (Å²) in [4.78, 5) is 18.7. The molecule has 7 heteroatoms. The second-order valence-electron chi connectivity index (χ2n) is 6.03. The molecule has 1 aromatic rings.